The summed E-state index contributed by atoms with van der Waals surface area (Å²) in [5, 5.41) is 1.48. The maximum absolute atomic E-state index is 6.71. The van der Waals surface area contributed by atoms with Crippen molar-refractivity contribution in [1.82, 2.24) is 4.90 Å². The highest BCUT2D eigenvalue weighted by molar-refractivity contribution is 6.37. The van der Waals surface area contributed by atoms with Gasteiger partial charge in [-0.15, -0.1) is 0 Å². The molecule has 2 aromatic rings. The Hall–Kier alpha value is -1.48. The van der Waals surface area contributed by atoms with Crippen molar-refractivity contribution in [2.45, 2.75) is 13.8 Å². The standard InChI is InChI=1S/C21H24Cl2N2/c1-3-7-16-14-17(25-12-10-24(4-2)11-13-25)15-19(21(16)23)18-8-5-6-9-20(18)22/h3,5-9,14-15H,4,10-13H2,1-2H3/b7-3+. The van der Waals surface area contributed by atoms with E-state index in [1.54, 1.807) is 0 Å². The number of hydrogen-bond donors (Lipinski definition) is 0. The van der Waals surface area contributed by atoms with Crippen LogP contribution in [-0.4, -0.2) is 37.6 Å². The Morgan fingerprint density at radius 1 is 1.00 bits per heavy atom. The van der Waals surface area contributed by atoms with Gasteiger partial charge < -0.3 is 9.80 Å². The predicted octanol–water partition coefficient (Wildman–Crippen LogP) is 5.84. The summed E-state index contributed by atoms with van der Waals surface area (Å²) in [6.07, 6.45) is 4.09. The predicted molar refractivity (Wildman–Crippen MR) is 111 cm³/mol. The topological polar surface area (TPSA) is 6.48 Å². The van der Waals surface area contributed by atoms with Crippen LogP contribution < -0.4 is 4.90 Å². The van der Waals surface area contributed by atoms with Gasteiger partial charge in [-0.05, 0) is 37.2 Å². The molecule has 1 aliphatic heterocycles. The molecular weight excluding hydrogens is 351 g/mol. The molecule has 0 bridgehead atoms. The summed E-state index contributed by atoms with van der Waals surface area (Å²) in [5.74, 6) is 0. The zero-order valence-electron chi connectivity index (χ0n) is 14.8. The van der Waals surface area contributed by atoms with E-state index < -0.39 is 0 Å². The summed E-state index contributed by atoms with van der Waals surface area (Å²) in [5.41, 5.74) is 4.22. The summed E-state index contributed by atoms with van der Waals surface area (Å²) < 4.78 is 0. The summed E-state index contributed by atoms with van der Waals surface area (Å²) in [6.45, 7) is 9.61. The summed E-state index contributed by atoms with van der Waals surface area (Å²) in [7, 11) is 0. The second-order valence-corrected chi connectivity index (χ2v) is 7.08. The fourth-order valence-electron chi connectivity index (χ4n) is 3.31. The first-order chi connectivity index (χ1) is 12.1. The highest BCUT2D eigenvalue weighted by atomic mass is 35.5. The quantitative estimate of drug-likeness (QED) is 0.663. The normalized spacial score (nSPS) is 15.9. The molecule has 2 aromatic carbocycles. The molecular formula is C21H24Cl2N2. The van der Waals surface area contributed by atoms with Crippen LogP contribution in [0.2, 0.25) is 10.0 Å². The van der Waals surface area contributed by atoms with Gasteiger partial charge in [0, 0.05) is 48.0 Å². The maximum atomic E-state index is 6.71. The molecule has 2 nitrogen and oxygen atoms in total. The van der Waals surface area contributed by atoms with Gasteiger partial charge in [-0.25, -0.2) is 0 Å². The molecule has 0 aliphatic carbocycles. The lowest BCUT2D eigenvalue weighted by molar-refractivity contribution is 0.271. The average Bonchev–Trinajstić information content (AvgIpc) is 2.64. The van der Waals surface area contributed by atoms with E-state index in [4.69, 9.17) is 23.2 Å². The third kappa shape index (κ3) is 4.03. The number of likely N-dealkylation sites (N-methyl/N-ethyl adjacent to an activating group) is 1. The van der Waals surface area contributed by atoms with Crippen LogP contribution in [0, 0.1) is 0 Å². The van der Waals surface area contributed by atoms with Gasteiger partial charge in [0.05, 0.1) is 5.02 Å². The number of rotatable bonds is 4. The van der Waals surface area contributed by atoms with Crippen LogP contribution in [0.3, 0.4) is 0 Å². The molecule has 0 aromatic heterocycles. The number of halogens is 2. The first kappa shape index (κ1) is 18.3. The van der Waals surface area contributed by atoms with Crippen molar-refractivity contribution in [1.29, 1.82) is 0 Å². The molecule has 132 valence electrons. The Balaban J connectivity index is 2.04. The Morgan fingerprint density at radius 2 is 1.72 bits per heavy atom. The molecule has 0 N–H and O–H groups in total. The van der Waals surface area contributed by atoms with E-state index in [2.05, 4.69) is 34.9 Å². The van der Waals surface area contributed by atoms with Crippen LogP contribution in [0.15, 0.2) is 42.5 Å². The molecule has 1 aliphatic rings. The summed E-state index contributed by atoms with van der Waals surface area (Å²) in [4.78, 5) is 4.92. The highest BCUT2D eigenvalue weighted by Gasteiger charge is 2.19. The van der Waals surface area contributed by atoms with Gasteiger partial charge in [-0.2, -0.15) is 0 Å². The van der Waals surface area contributed by atoms with Gasteiger partial charge in [0.25, 0.3) is 0 Å². The number of nitrogens with zero attached hydrogens (tertiary/aromatic N) is 2. The zero-order chi connectivity index (χ0) is 17.8. The van der Waals surface area contributed by atoms with Crippen molar-refractivity contribution in [2.75, 3.05) is 37.6 Å². The minimum Gasteiger partial charge on any atom is -0.369 e. The van der Waals surface area contributed by atoms with Gasteiger partial charge in [0.15, 0.2) is 0 Å². The molecule has 0 atom stereocenters. The van der Waals surface area contributed by atoms with E-state index >= 15 is 0 Å². The van der Waals surface area contributed by atoms with Crippen LogP contribution in [0.1, 0.15) is 19.4 Å². The summed E-state index contributed by atoms with van der Waals surface area (Å²) in [6, 6.07) is 12.2. The van der Waals surface area contributed by atoms with E-state index in [1.165, 1.54) is 5.69 Å². The van der Waals surface area contributed by atoms with Crippen molar-refractivity contribution in [3.05, 3.63) is 58.1 Å². The van der Waals surface area contributed by atoms with E-state index in [1.807, 2.05) is 37.3 Å². The van der Waals surface area contributed by atoms with E-state index in [0.29, 0.717) is 0 Å². The SMILES string of the molecule is C/C=C/c1cc(N2CCN(CC)CC2)cc(-c2ccccc2Cl)c1Cl. The van der Waals surface area contributed by atoms with Crippen LogP contribution in [0.5, 0.6) is 0 Å². The van der Waals surface area contributed by atoms with Gasteiger partial charge in [0.1, 0.15) is 0 Å². The second kappa shape index (κ2) is 8.27. The molecule has 1 saturated heterocycles. The second-order valence-electron chi connectivity index (χ2n) is 6.30. The van der Waals surface area contributed by atoms with Gasteiger partial charge >= 0.3 is 0 Å². The Labute approximate surface area is 160 Å². The van der Waals surface area contributed by atoms with E-state index in [-0.39, 0.29) is 0 Å². The van der Waals surface area contributed by atoms with E-state index in [9.17, 15) is 0 Å². The summed E-state index contributed by atoms with van der Waals surface area (Å²) >= 11 is 13.2. The zero-order valence-corrected chi connectivity index (χ0v) is 16.3. The maximum Gasteiger partial charge on any atom is 0.0558 e. The minimum absolute atomic E-state index is 0.726. The van der Waals surface area contributed by atoms with Crippen molar-refractivity contribution in [3.8, 4) is 11.1 Å². The lowest BCUT2D eigenvalue weighted by Gasteiger charge is -2.36. The smallest absolute Gasteiger partial charge is 0.0558 e. The van der Waals surface area contributed by atoms with Crippen molar-refractivity contribution in [3.63, 3.8) is 0 Å². The first-order valence-corrected chi connectivity index (χ1v) is 9.58. The van der Waals surface area contributed by atoms with E-state index in [0.717, 1.165) is 59.5 Å². The molecule has 0 unspecified atom stereocenters. The van der Waals surface area contributed by atoms with Gasteiger partial charge in [0.2, 0.25) is 0 Å². The van der Waals surface area contributed by atoms with Crippen LogP contribution in [-0.2, 0) is 0 Å². The number of benzene rings is 2. The Bertz CT molecular complexity index is 762. The monoisotopic (exact) mass is 374 g/mol. The minimum atomic E-state index is 0.726. The third-order valence-corrected chi connectivity index (χ3v) is 5.53. The lowest BCUT2D eigenvalue weighted by Crippen LogP contribution is -2.46. The van der Waals surface area contributed by atoms with Crippen molar-refractivity contribution in [2.24, 2.45) is 0 Å². The molecule has 0 spiro atoms. The van der Waals surface area contributed by atoms with Gasteiger partial charge in [-0.1, -0.05) is 60.5 Å². The highest BCUT2D eigenvalue weighted by Crippen LogP contribution is 2.39. The van der Waals surface area contributed by atoms with Crippen LogP contribution >= 0.6 is 23.2 Å². The fourth-order valence-corrected chi connectivity index (χ4v) is 3.82. The van der Waals surface area contributed by atoms with Gasteiger partial charge in [-0.3, -0.25) is 0 Å². The number of anilines is 1. The lowest BCUT2D eigenvalue weighted by atomic mass is 10.0. The molecule has 25 heavy (non-hydrogen) atoms. The Kier molecular flexibility index (Phi) is 6.06. The molecule has 0 radical (unpaired) electrons. The van der Waals surface area contributed by atoms with Crippen molar-refractivity contribution < 1.29 is 0 Å². The first-order valence-electron chi connectivity index (χ1n) is 8.82. The molecule has 4 heteroatoms. The fraction of sp³-hybridized carbons (Fsp3) is 0.333. The number of hydrogen-bond acceptors (Lipinski definition) is 2. The molecule has 3 rings (SSSR count). The molecule has 1 fully saturated rings. The average molecular weight is 375 g/mol. The third-order valence-electron chi connectivity index (χ3n) is 4.78. The molecule has 0 saturated carbocycles. The Morgan fingerprint density at radius 3 is 2.36 bits per heavy atom. The number of allylic oxidation sites excluding steroid dienone is 1. The largest absolute Gasteiger partial charge is 0.369 e. The number of piperazine rings is 1. The van der Waals surface area contributed by atoms with Crippen LogP contribution in [0.25, 0.3) is 17.2 Å². The molecule has 0 amide bonds. The van der Waals surface area contributed by atoms with Crippen LogP contribution in [0.4, 0.5) is 5.69 Å². The van der Waals surface area contributed by atoms with Crippen molar-refractivity contribution >= 4 is 35.0 Å². The molecule has 1 heterocycles.